The maximum atomic E-state index is 9.62. The van der Waals surface area contributed by atoms with Crippen LogP contribution in [0.2, 0.25) is 0 Å². The zero-order valence-corrected chi connectivity index (χ0v) is 16.8. The Kier molecular flexibility index (Phi) is 5.68. The molecule has 1 heterocycles. The van der Waals surface area contributed by atoms with Crippen LogP contribution in [-0.2, 0) is 7.05 Å². The second-order valence-corrected chi connectivity index (χ2v) is 7.02. The van der Waals surface area contributed by atoms with E-state index in [1.165, 1.54) is 0 Å². The third kappa shape index (κ3) is 4.29. The number of nitrogens with zero attached hydrogens (tertiary/aromatic N) is 3. The van der Waals surface area contributed by atoms with Crippen LogP contribution in [0.1, 0.15) is 11.1 Å². The molecule has 4 aromatic rings. The van der Waals surface area contributed by atoms with E-state index in [0.717, 1.165) is 28.2 Å². The summed E-state index contributed by atoms with van der Waals surface area (Å²) in [6, 6.07) is 35.1. The molecule has 0 aliphatic heterocycles. The van der Waals surface area contributed by atoms with E-state index in [1.807, 2.05) is 78.6 Å². The number of anilines is 3. The van der Waals surface area contributed by atoms with Crippen LogP contribution in [0.4, 0.5) is 17.1 Å². The van der Waals surface area contributed by atoms with Gasteiger partial charge in [0.2, 0.25) is 0 Å². The van der Waals surface area contributed by atoms with Crippen molar-refractivity contribution >= 4 is 28.7 Å². The number of benzene rings is 3. The summed E-state index contributed by atoms with van der Waals surface area (Å²) in [6.45, 7) is 0. The van der Waals surface area contributed by atoms with Gasteiger partial charge >= 0.3 is 0 Å². The van der Waals surface area contributed by atoms with Gasteiger partial charge in [-0.25, -0.2) is 4.57 Å². The van der Waals surface area contributed by atoms with Crippen molar-refractivity contribution in [2.24, 2.45) is 7.05 Å². The molecule has 144 valence electrons. The molecule has 0 N–H and O–H groups in total. The van der Waals surface area contributed by atoms with Gasteiger partial charge < -0.3 is 4.90 Å². The molecule has 0 fully saturated rings. The Morgan fingerprint density at radius 3 is 1.73 bits per heavy atom. The molecular weight excluding hydrogens is 366 g/mol. The first kappa shape index (κ1) is 19.2. The van der Waals surface area contributed by atoms with Gasteiger partial charge in [0, 0.05) is 34.8 Å². The Labute approximate surface area is 177 Å². The second kappa shape index (κ2) is 8.89. The van der Waals surface area contributed by atoms with Gasteiger partial charge in [-0.1, -0.05) is 48.5 Å². The lowest BCUT2D eigenvalue weighted by Gasteiger charge is -2.25. The van der Waals surface area contributed by atoms with Crippen molar-refractivity contribution in [3.05, 3.63) is 121 Å². The average Bonchev–Trinajstić information content (AvgIpc) is 2.81. The Balaban J connectivity index is 1.69. The van der Waals surface area contributed by atoms with Gasteiger partial charge in [-0.15, -0.1) is 0 Å². The molecule has 1 aromatic heterocycles. The van der Waals surface area contributed by atoms with Gasteiger partial charge in [0.1, 0.15) is 7.05 Å². The Morgan fingerprint density at radius 1 is 0.733 bits per heavy atom. The third-order valence-electron chi connectivity index (χ3n) is 4.90. The Morgan fingerprint density at radius 2 is 1.23 bits per heavy atom. The summed E-state index contributed by atoms with van der Waals surface area (Å²) < 4.78 is 1.95. The Bertz CT molecular complexity index is 1130. The highest BCUT2D eigenvalue weighted by molar-refractivity contribution is 5.89. The minimum absolute atomic E-state index is 0.645. The fourth-order valence-corrected chi connectivity index (χ4v) is 3.35. The molecule has 0 bridgehead atoms. The van der Waals surface area contributed by atoms with Gasteiger partial charge in [0.25, 0.3) is 0 Å². The van der Waals surface area contributed by atoms with Crippen molar-refractivity contribution < 1.29 is 4.57 Å². The van der Waals surface area contributed by atoms with E-state index >= 15 is 0 Å². The molecule has 0 amide bonds. The first-order chi connectivity index (χ1) is 14.7. The second-order valence-electron chi connectivity index (χ2n) is 7.02. The van der Waals surface area contributed by atoms with Crippen LogP contribution in [-0.4, -0.2) is 0 Å². The predicted molar refractivity (Wildman–Crippen MR) is 122 cm³/mol. The van der Waals surface area contributed by atoms with Gasteiger partial charge in [0.05, 0.1) is 11.6 Å². The minimum Gasteiger partial charge on any atom is -0.311 e. The summed E-state index contributed by atoms with van der Waals surface area (Å²) in [7, 11) is 1.96. The molecule has 0 saturated heterocycles. The van der Waals surface area contributed by atoms with Gasteiger partial charge in [0.15, 0.2) is 12.4 Å². The van der Waals surface area contributed by atoms with Crippen molar-refractivity contribution in [2.45, 2.75) is 0 Å². The quantitative estimate of drug-likeness (QED) is 0.308. The summed E-state index contributed by atoms with van der Waals surface area (Å²) in [5.41, 5.74) is 5.81. The van der Waals surface area contributed by atoms with Gasteiger partial charge in [-0.3, -0.25) is 0 Å². The van der Waals surface area contributed by atoms with E-state index in [1.54, 1.807) is 0 Å². The number of aromatic nitrogens is 1. The molecule has 30 heavy (non-hydrogen) atoms. The standard InChI is InChI=1S/C27H22N3/c1-29-18-16-23(17-19-29)24(21-28)20-22-12-14-27(15-13-22)30(25-8-4-2-5-9-25)26-10-6-3-7-11-26/h2-20H,1H3/q+1. The number of para-hydroxylation sites is 2. The van der Waals surface area contributed by atoms with Crippen LogP contribution >= 0.6 is 0 Å². The highest BCUT2D eigenvalue weighted by atomic mass is 15.1. The lowest BCUT2D eigenvalue weighted by atomic mass is 10.0. The average molecular weight is 388 g/mol. The highest BCUT2D eigenvalue weighted by Gasteiger charge is 2.11. The van der Waals surface area contributed by atoms with Crippen LogP contribution in [0.25, 0.3) is 11.6 Å². The lowest BCUT2D eigenvalue weighted by Crippen LogP contribution is -2.25. The topological polar surface area (TPSA) is 30.9 Å². The first-order valence-corrected chi connectivity index (χ1v) is 9.82. The number of rotatable bonds is 5. The highest BCUT2D eigenvalue weighted by Crippen LogP contribution is 2.34. The van der Waals surface area contributed by atoms with Crippen molar-refractivity contribution in [2.75, 3.05) is 4.90 Å². The Hall–Kier alpha value is -4.16. The number of allylic oxidation sites excluding steroid dienone is 1. The van der Waals surface area contributed by atoms with Crippen LogP contribution in [0.3, 0.4) is 0 Å². The van der Waals surface area contributed by atoms with Gasteiger partial charge in [-0.2, -0.15) is 5.26 Å². The molecule has 3 heteroatoms. The van der Waals surface area contributed by atoms with E-state index in [2.05, 4.69) is 59.5 Å². The maximum Gasteiger partial charge on any atom is 0.169 e. The van der Waals surface area contributed by atoms with E-state index in [0.29, 0.717) is 5.57 Å². The van der Waals surface area contributed by atoms with Crippen LogP contribution in [0.5, 0.6) is 0 Å². The lowest BCUT2D eigenvalue weighted by molar-refractivity contribution is -0.671. The van der Waals surface area contributed by atoms with Gasteiger partial charge in [-0.05, 0) is 48.0 Å². The number of hydrogen-bond donors (Lipinski definition) is 0. The number of pyridine rings is 1. The number of hydrogen-bond acceptors (Lipinski definition) is 2. The summed E-state index contributed by atoms with van der Waals surface area (Å²) >= 11 is 0. The van der Waals surface area contributed by atoms with E-state index in [9.17, 15) is 5.26 Å². The summed E-state index contributed by atoms with van der Waals surface area (Å²) in [5.74, 6) is 0. The first-order valence-electron chi connectivity index (χ1n) is 9.82. The van der Waals surface area contributed by atoms with Crippen LogP contribution in [0.15, 0.2) is 109 Å². The third-order valence-corrected chi connectivity index (χ3v) is 4.90. The fraction of sp³-hybridized carbons (Fsp3) is 0.0370. The molecule has 0 radical (unpaired) electrons. The summed E-state index contributed by atoms with van der Waals surface area (Å²) in [6.07, 6.45) is 5.82. The molecule has 3 aromatic carbocycles. The minimum atomic E-state index is 0.645. The van der Waals surface area contributed by atoms with Crippen molar-refractivity contribution in [1.82, 2.24) is 0 Å². The molecular formula is C27H22N3+. The zero-order valence-electron chi connectivity index (χ0n) is 16.8. The van der Waals surface area contributed by atoms with Crippen LogP contribution < -0.4 is 9.47 Å². The zero-order chi connectivity index (χ0) is 20.8. The summed E-state index contributed by atoms with van der Waals surface area (Å²) in [5, 5.41) is 9.62. The molecule has 4 rings (SSSR count). The maximum absolute atomic E-state index is 9.62. The van der Waals surface area contributed by atoms with E-state index in [4.69, 9.17) is 0 Å². The van der Waals surface area contributed by atoms with Crippen LogP contribution in [0, 0.1) is 11.3 Å². The normalized spacial score (nSPS) is 11.0. The molecule has 3 nitrogen and oxygen atoms in total. The molecule has 0 unspecified atom stereocenters. The smallest absolute Gasteiger partial charge is 0.169 e. The van der Waals surface area contributed by atoms with E-state index < -0.39 is 0 Å². The van der Waals surface area contributed by atoms with Crippen molar-refractivity contribution in [1.29, 1.82) is 5.26 Å². The molecule has 0 aliphatic carbocycles. The number of aryl methyl sites for hydroxylation is 1. The largest absolute Gasteiger partial charge is 0.311 e. The number of nitriles is 1. The SMILES string of the molecule is C[n+]1ccc(/C(C#N)=C\c2ccc(N(c3ccccc3)c3ccccc3)cc2)cc1. The molecule has 0 aliphatic rings. The molecule has 0 saturated carbocycles. The van der Waals surface area contributed by atoms with E-state index in [-0.39, 0.29) is 0 Å². The van der Waals surface area contributed by atoms with Crippen molar-refractivity contribution in [3.8, 4) is 6.07 Å². The molecule has 0 spiro atoms. The molecule has 0 atom stereocenters. The fourth-order valence-electron chi connectivity index (χ4n) is 3.35. The summed E-state index contributed by atoms with van der Waals surface area (Å²) in [4.78, 5) is 2.22. The monoisotopic (exact) mass is 388 g/mol. The predicted octanol–water partition coefficient (Wildman–Crippen LogP) is 6.05. The van der Waals surface area contributed by atoms with Crippen molar-refractivity contribution in [3.63, 3.8) is 0 Å².